The average molecular weight is 526 g/mol. The summed E-state index contributed by atoms with van der Waals surface area (Å²) in [6.07, 6.45) is 4.39. The van der Waals surface area contributed by atoms with E-state index < -0.39 is 22.0 Å². The molecule has 12 heteroatoms. The summed E-state index contributed by atoms with van der Waals surface area (Å²) in [5, 5.41) is 9.71. The molecule has 1 aliphatic heterocycles. The minimum Gasteiger partial charge on any atom is -0.480 e. The molecule has 2 aromatic heterocycles. The number of benzene rings is 1. The van der Waals surface area contributed by atoms with Crippen molar-refractivity contribution in [1.82, 2.24) is 24.2 Å². The number of nitrogens with zero attached hydrogens (tertiary/aromatic N) is 6. The number of carboxylic acid groups (broad SMARTS) is 1. The Morgan fingerprint density at radius 2 is 1.90 bits per heavy atom. The normalized spacial score (nSPS) is 18.1. The number of sulfonamides is 1. The molecule has 0 amide bonds. The number of fused-ring (bicyclic) bond motifs is 1. The number of aromatic nitrogens is 4. The van der Waals surface area contributed by atoms with Crippen LogP contribution in [0.5, 0.6) is 0 Å². The van der Waals surface area contributed by atoms with Gasteiger partial charge < -0.3 is 10.0 Å². The van der Waals surface area contributed by atoms with Gasteiger partial charge in [0.05, 0.1) is 17.3 Å². The molecule has 1 saturated heterocycles. The third-order valence-corrected chi connectivity index (χ3v) is 7.21. The quantitative estimate of drug-likeness (QED) is 0.495. The molecule has 0 aliphatic carbocycles. The van der Waals surface area contributed by atoms with Crippen LogP contribution in [0, 0.1) is 3.57 Å². The molecule has 150 valence electrons. The number of halogens is 1. The second kappa shape index (κ2) is 7.76. The van der Waals surface area contributed by atoms with Crippen LogP contribution >= 0.6 is 22.6 Å². The summed E-state index contributed by atoms with van der Waals surface area (Å²) in [4.78, 5) is 30.2. The molecule has 29 heavy (non-hydrogen) atoms. The van der Waals surface area contributed by atoms with Crippen molar-refractivity contribution in [3.63, 3.8) is 0 Å². The number of hydrogen-bond acceptors (Lipinski definition) is 8. The fourth-order valence-electron chi connectivity index (χ4n) is 3.12. The summed E-state index contributed by atoms with van der Waals surface area (Å²) in [5.41, 5.74) is 0.907. The molecule has 1 fully saturated rings. The number of aliphatic carboxylic acids is 1. The number of anilines is 1. The smallest absolute Gasteiger partial charge is 0.323 e. The van der Waals surface area contributed by atoms with Gasteiger partial charge in [-0.05, 0) is 46.9 Å². The van der Waals surface area contributed by atoms with Crippen LogP contribution in [0.3, 0.4) is 0 Å². The number of carbonyl (C=O) groups is 1. The van der Waals surface area contributed by atoms with Gasteiger partial charge in [0.1, 0.15) is 23.7 Å². The van der Waals surface area contributed by atoms with E-state index in [-0.39, 0.29) is 24.5 Å². The molecule has 0 radical (unpaired) electrons. The first kappa shape index (κ1) is 19.8. The van der Waals surface area contributed by atoms with E-state index in [0.29, 0.717) is 17.0 Å². The van der Waals surface area contributed by atoms with Crippen molar-refractivity contribution in [1.29, 1.82) is 0 Å². The number of rotatable bonds is 4. The Kier molecular flexibility index (Phi) is 5.31. The Morgan fingerprint density at radius 3 is 2.62 bits per heavy atom. The molecule has 3 heterocycles. The summed E-state index contributed by atoms with van der Waals surface area (Å²) < 4.78 is 28.0. The summed E-state index contributed by atoms with van der Waals surface area (Å²) in [7, 11) is -3.95. The third-order valence-electron chi connectivity index (χ3n) is 4.57. The van der Waals surface area contributed by atoms with Gasteiger partial charge in [-0.1, -0.05) is 0 Å². The molecule has 1 N–H and O–H groups in total. The molecule has 0 saturated carbocycles. The van der Waals surface area contributed by atoms with Crippen LogP contribution in [0.1, 0.15) is 0 Å². The predicted molar refractivity (Wildman–Crippen MR) is 112 cm³/mol. The van der Waals surface area contributed by atoms with Crippen LogP contribution in [0.15, 0.2) is 47.9 Å². The summed E-state index contributed by atoms with van der Waals surface area (Å²) >= 11 is 2.08. The van der Waals surface area contributed by atoms with Crippen LogP contribution in [-0.4, -0.2) is 69.4 Å². The minimum absolute atomic E-state index is 0.00871. The molecular weight excluding hydrogens is 511 g/mol. The van der Waals surface area contributed by atoms with Crippen molar-refractivity contribution in [2.75, 3.05) is 24.5 Å². The first-order valence-corrected chi connectivity index (χ1v) is 11.1. The molecule has 3 aromatic rings. The lowest BCUT2D eigenvalue weighted by Gasteiger charge is -2.38. The Morgan fingerprint density at radius 1 is 1.14 bits per heavy atom. The number of piperazine rings is 1. The minimum atomic E-state index is -3.95. The van der Waals surface area contributed by atoms with Gasteiger partial charge in [0.15, 0.2) is 5.65 Å². The fraction of sp³-hybridized carbons (Fsp3) is 0.235. The van der Waals surface area contributed by atoms with Crippen molar-refractivity contribution < 1.29 is 18.3 Å². The van der Waals surface area contributed by atoms with Crippen LogP contribution in [-0.2, 0) is 14.8 Å². The Labute approximate surface area is 179 Å². The highest BCUT2D eigenvalue weighted by molar-refractivity contribution is 14.1. The van der Waals surface area contributed by atoms with E-state index in [1.807, 2.05) is 0 Å². The molecule has 10 nitrogen and oxygen atoms in total. The van der Waals surface area contributed by atoms with Crippen LogP contribution in [0.2, 0.25) is 0 Å². The molecule has 0 unspecified atom stereocenters. The summed E-state index contributed by atoms with van der Waals surface area (Å²) in [6.45, 7) is 0.234. The molecular formula is C17H15IN6O4S. The Hall–Kier alpha value is -2.45. The van der Waals surface area contributed by atoms with Crippen molar-refractivity contribution in [2.24, 2.45) is 0 Å². The molecule has 1 atom stereocenters. The molecule has 1 aromatic carbocycles. The van der Waals surface area contributed by atoms with E-state index in [4.69, 9.17) is 0 Å². The van der Waals surface area contributed by atoms with Gasteiger partial charge in [0.2, 0.25) is 10.0 Å². The van der Waals surface area contributed by atoms with Crippen molar-refractivity contribution in [3.8, 4) is 0 Å². The maximum atomic E-state index is 13.0. The van der Waals surface area contributed by atoms with Gasteiger partial charge in [-0.3, -0.25) is 4.79 Å². The maximum Gasteiger partial charge on any atom is 0.323 e. The van der Waals surface area contributed by atoms with Crippen molar-refractivity contribution >= 4 is 55.6 Å². The molecule has 0 bridgehead atoms. The number of carboxylic acids is 1. The van der Waals surface area contributed by atoms with E-state index in [0.717, 1.165) is 7.88 Å². The Balaban J connectivity index is 1.63. The van der Waals surface area contributed by atoms with Gasteiger partial charge in [-0.2, -0.15) is 4.31 Å². The predicted octanol–water partition coefficient (Wildman–Crippen LogP) is 0.989. The lowest BCUT2D eigenvalue weighted by atomic mass is 10.2. The largest absolute Gasteiger partial charge is 0.480 e. The lowest BCUT2D eigenvalue weighted by Crippen LogP contribution is -2.58. The maximum absolute atomic E-state index is 13.0. The van der Waals surface area contributed by atoms with E-state index in [1.165, 1.54) is 30.9 Å². The Bertz CT molecular complexity index is 1170. The fourth-order valence-corrected chi connectivity index (χ4v) is 5.04. The van der Waals surface area contributed by atoms with Gasteiger partial charge in [0.25, 0.3) is 0 Å². The van der Waals surface area contributed by atoms with E-state index >= 15 is 0 Å². The summed E-state index contributed by atoms with van der Waals surface area (Å²) in [6, 6.07) is 5.06. The van der Waals surface area contributed by atoms with E-state index in [1.54, 1.807) is 17.0 Å². The van der Waals surface area contributed by atoms with Crippen molar-refractivity contribution in [3.05, 3.63) is 46.6 Å². The third kappa shape index (κ3) is 3.86. The average Bonchev–Trinajstić information content (AvgIpc) is 2.73. The second-order valence-corrected chi connectivity index (χ2v) is 9.47. The molecule has 1 aliphatic rings. The van der Waals surface area contributed by atoms with Crippen LogP contribution < -0.4 is 4.90 Å². The number of hydrogen-bond donors (Lipinski definition) is 1. The topological polar surface area (TPSA) is 129 Å². The van der Waals surface area contributed by atoms with Crippen molar-refractivity contribution in [2.45, 2.75) is 10.9 Å². The lowest BCUT2D eigenvalue weighted by molar-refractivity contribution is -0.141. The zero-order valence-corrected chi connectivity index (χ0v) is 17.9. The first-order valence-electron chi connectivity index (χ1n) is 8.54. The standard InChI is InChI=1S/C17H15IN6O4S/c18-11-1-3-12(4-2-11)29(27,28)24-6-5-23(9-14(24)17(25)26)15-8-20-13-7-19-10-21-16(13)22-15/h1-4,7-8,10,14H,5-6,9H2,(H,25,26)/t14-/m1/s1. The van der Waals surface area contributed by atoms with Gasteiger partial charge in [0, 0.05) is 23.2 Å². The van der Waals surface area contributed by atoms with Gasteiger partial charge in [-0.25, -0.2) is 28.4 Å². The monoisotopic (exact) mass is 526 g/mol. The van der Waals surface area contributed by atoms with Crippen LogP contribution in [0.25, 0.3) is 11.2 Å². The highest BCUT2D eigenvalue weighted by Crippen LogP contribution is 2.25. The van der Waals surface area contributed by atoms with Gasteiger partial charge in [-0.15, -0.1) is 0 Å². The summed E-state index contributed by atoms with van der Waals surface area (Å²) in [5.74, 6) is -0.784. The van der Waals surface area contributed by atoms with Crippen LogP contribution in [0.4, 0.5) is 5.82 Å². The van der Waals surface area contributed by atoms with E-state index in [2.05, 4.69) is 42.5 Å². The second-order valence-electron chi connectivity index (χ2n) is 6.33. The first-order chi connectivity index (χ1) is 13.9. The highest BCUT2D eigenvalue weighted by atomic mass is 127. The zero-order valence-electron chi connectivity index (χ0n) is 14.9. The van der Waals surface area contributed by atoms with E-state index in [9.17, 15) is 18.3 Å². The SMILES string of the molecule is O=C(O)[C@H]1CN(c2cnc3cncnc3n2)CCN1S(=O)(=O)c1ccc(I)cc1. The highest BCUT2D eigenvalue weighted by Gasteiger charge is 2.40. The van der Waals surface area contributed by atoms with Gasteiger partial charge >= 0.3 is 5.97 Å². The molecule has 4 rings (SSSR count). The zero-order chi connectivity index (χ0) is 20.6. The molecule has 0 spiro atoms.